The third kappa shape index (κ3) is 4.81. The van der Waals surface area contributed by atoms with Gasteiger partial charge in [-0.25, -0.2) is 0 Å². The van der Waals surface area contributed by atoms with Crippen LogP contribution in [0.25, 0.3) is 22.9 Å². The largest absolute Gasteiger partial charge is 0.416 e. The number of rotatable bonds is 7. The van der Waals surface area contributed by atoms with E-state index in [4.69, 9.17) is 4.42 Å². The lowest BCUT2D eigenvalue weighted by molar-refractivity contribution is 0.0951. The maximum absolute atomic E-state index is 12.8. The Labute approximate surface area is 209 Å². The summed E-state index contributed by atoms with van der Waals surface area (Å²) >= 11 is 0. The van der Waals surface area contributed by atoms with Crippen LogP contribution in [-0.4, -0.2) is 25.9 Å². The summed E-state index contributed by atoms with van der Waals surface area (Å²) in [4.78, 5) is 12.8. The summed E-state index contributed by atoms with van der Waals surface area (Å²) in [5.74, 6) is 0.739. The van der Waals surface area contributed by atoms with Crippen molar-refractivity contribution in [2.75, 3.05) is 0 Å². The minimum absolute atomic E-state index is 0.151. The Morgan fingerprint density at radius 2 is 1.56 bits per heavy atom. The van der Waals surface area contributed by atoms with Gasteiger partial charge in [0.05, 0.1) is 12.2 Å². The monoisotopic (exact) mass is 477 g/mol. The lowest BCUT2D eigenvalue weighted by Crippen LogP contribution is -2.23. The number of hydrogen-bond acceptors (Lipinski definition) is 5. The van der Waals surface area contributed by atoms with Crippen LogP contribution in [0.3, 0.4) is 0 Å². The van der Waals surface area contributed by atoms with Gasteiger partial charge in [0.15, 0.2) is 0 Å². The van der Waals surface area contributed by atoms with Gasteiger partial charge in [0.2, 0.25) is 11.8 Å². The zero-order chi connectivity index (χ0) is 25.1. The number of aromatic nitrogens is 4. The van der Waals surface area contributed by atoms with Crippen molar-refractivity contribution >= 4 is 5.91 Å². The molecule has 0 bridgehead atoms. The van der Waals surface area contributed by atoms with Crippen molar-refractivity contribution < 1.29 is 9.21 Å². The molecule has 0 fully saturated rings. The maximum atomic E-state index is 12.8. The van der Waals surface area contributed by atoms with E-state index in [2.05, 4.69) is 32.7 Å². The van der Waals surface area contributed by atoms with Crippen LogP contribution < -0.4 is 5.32 Å². The Morgan fingerprint density at radius 1 is 0.861 bits per heavy atom. The number of hydrogen-bond donors (Lipinski definition) is 1. The van der Waals surface area contributed by atoms with Gasteiger partial charge in [-0.05, 0) is 62.2 Å². The summed E-state index contributed by atoms with van der Waals surface area (Å²) in [6, 6.07) is 25.2. The van der Waals surface area contributed by atoms with Crippen LogP contribution in [0.2, 0.25) is 0 Å². The van der Waals surface area contributed by atoms with E-state index in [1.54, 1.807) is 12.1 Å². The van der Waals surface area contributed by atoms with E-state index in [0.717, 1.165) is 33.6 Å². The number of benzene rings is 3. The lowest BCUT2D eigenvalue weighted by Gasteiger charge is -2.08. The number of carbonyl (C=O) groups excluding carboxylic acids is 1. The molecule has 0 saturated carbocycles. The van der Waals surface area contributed by atoms with Crippen LogP contribution in [0, 0.1) is 20.8 Å². The van der Waals surface area contributed by atoms with Crippen LogP contribution in [0.4, 0.5) is 0 Å². The fourth-order valence-electron chi connectivity index (χ4n) is 4.20. The predicted molar refractivity (Wildman–Crippen MR) is 138 cm³/mol. The Balaban J connectivity index is 1.25. The highest BCUT2D eigenvalue weighted by molar-refractivity contribution is 5.94. The molecule has 5 rings (SSSR count). The number of carbonyl (C=O) groups is 1. The standard InChI is InChI=1S/C29H27N5O2/c1-19-9-7-8-12-25(19)29-32-31-28(36-29)24-15-13-23(14-16-24)27(35)30-17-26-20(2)33-34(21(26)3)18-22-10-5-4-6-11-22/h4-16H,17-18H2,1-3H3,(H,30,35). The minimum Gasteiger partial charge on any atom is -0.416 e. The SMILES string of the molecule is Cc1ccccc1-c1nnc(-c2ccc(C(=O)NCc3c(C)nn(Cc4ccccc4)c3C)cc2)o1. The smallest absolute Gasteiger partial charge is 0.251 e. The van der Waals surface area contributed by atoms with E-state index >= 15 is 0 Å². The van der Waals surface area contributed by atoms with Gasteiger partial charge in [-0.3, -0.25) is 9.48 Å². The molecule has 36 heavy (non-hydrogen) atoms. The van der Waals surface area contributed by atoms with Crippen molar-refractivity contribution in [1.82, 2.24) is 25.3 Å². The van der Waals surface area contributed by atoms with Gasteiger partial charge < -0.3 is 9.73 Å². The second kappa shape index (κ2) is 10.00. The number of aryl methyl sites for hydroxylation is 2. The van der Waals surface area contributed by atoms with Crippen molar-refractivity contribution in [2.45, 2.75) is 33.9 Å². The van der Waals surface area contributed by atoms with Gasteiger partial charge >= 0.3 is 0 Å². The molecule has 3 aromatic carbocycles. The molecule has 7 nitrogen and oxygen atoms in total. The summed E-state index contributed by atoms with van der Waals surface area (Å²) < 4.78 is 7.86. The van der Waals surface area contributed by atoms with Crippen molar-refractivity contribution in [3.05, 3.63) is 113 Å². The first-order valence-corrected chi connectivity index (χ1v) is 11.8. The molecule has 2 heterocycles. The molecule has 7 heteroatoms. The topological polar surface area (TPSA) is 85.8 Å². The second-order valence-electron chi connectivity index (χ2n) is 8.78. The molecule has 0 spiro atoms. The Morgan fingerprint density at radius 3 is 2.31 bits per heavy atom. The number of nitrogens with zero attached hydrogens (tertiary/aromatic N) is 4. The van der Waals surface area contributed by atoms with Crippen LogP contribution in [0.15, 0.2) is 83.3 Å². The molecular weight excluding hydrogens is 450 g/mol. The fraction of sp³-hybridized carbons (Fsp3) is 0.172. The average Bonchev–Trinajstić information content (AvgIpc) is 3.48. The molecule has 180 valence electrons. The highest BCUT2D eigenvalue weighted by Gasteiger charge is 2.15. The number of amides is 1. The molecule has 0 aliphatic heterocycles. The normalized spacial score (nSPS) is 11.0. The summed E-state index contributed by atoms with van der Waals surface area (Å²) in [6.45, 7) is 7.12. The van der Waals surface area contributed by atoms with E-state index in [1.165, 1.54) is 5.56 Å². The molecular formula is C29H27N5O2. The van der Waals surface area contributed by atoms with E-state index in [0.29, 0.717) is 30.4 Å². The van der Waals surface area contributed by atoms with Crippen LogP contribution in [0.1, 0.15) is 38.4 Å². The van der Waals surface area contributed by atoms with E-state index in [1.807, 2.05) is 80.1 Å². The highest BCUT2D eigenvalue weighted by Crippen LogP contribution is 2.26. The van der Waals surface area contributed by atoms with Gasteiger partial charge in [0.1, 0.15) is 0 Å². The molecule has 0 atom stereocenters. The molecule has 2 aromatic heterocycles. The van der Waals surface area contributed by atoms with E-state index in [9.17, 15) is 4.79 Å². The van der Waals surface area contributed by atoms with Crippen molar-refractivity contribution in [3.8, 4) is 22.9 Å². The summed E-state index contributed by atoms with van der Waals surface area (Å²) in [5.41, 5.74) is 7.47. The molecule has 0 unspecified atom stereocenters. The molecule has 1 amide bonds. The Bertz CT molecular complexity index is 1500. The molecule has 1 N–H and O–H groups in total. The molecule has 5 aromatic rings. The van der Waals surface area contributed by atoms with Crippen molar-refractivity contribution in [1.29, 1.82) is 0 Å². The predicted octanol–water partition coefficient (Wildman–Crippen LogP) is 5.50. The first kappa shape index (κ1) is 23.2. The van der Waals surface area contributed by atoms with Crippen LogP contribution in [0.5, 0.6) is 0 Å². The van der Waals surface area contributed by atoms with Gasteiger partial charge in [0.25, 0.3) is 5.91 Å². The quantitative estimate of drug-likeness (QED) is 0.334. The zero-order valence-electron chi connectivity index (χ0n) is 20.5. The molecule has 0 radical (unpaired) electrons. The average molecular weight is 478 g/mol. The maximum Gasteiger partial charge on any atom is 0.251 e. The summed E-state index contributed by atoms with van der Waals surface area (Å²) in [6.07, 6.45) is 0. The van der Waals surface area contributed by atoms with E-state index in [-0.39, 0.29) is 5.91 Å². The molecule has 0 aliphatic carbocycles. The van der Waals surface area contributed by atoms with Gasteiger partial charge in [-0.2, -0.15) is 5.10 Å². The van der Waals surface area contributed by atoms with E-state index < -0.39 is 0 Å². The van der Waals surface area contributed by atoms with Gasteiger partial charge in [-0.1, -0.05) is 48.5 Å². The molecule has 0 aliphatic rings. The fourth-order valence-corrected chi connectivity index (χ4v) is 4.20. The Hall–Kier alpha value is -4.52. The van der Waals surface area contributed by atoms with Crippen molar-refractivity contribution in [2.24, 2.45) is 0 Å². The Kier molecular flexibility index (Phi) is 6.45. The summed E-state index contributed by atoms with van der Waals surface area (Å²) in [5, 5.41) is 16.1. The van der Waals surface area contributed by atoms with Crippen LogP contribution >= 0.6 is 0 Å². The summed E-state index contributed by atoms with van der Waals surface area (Å²) in [7, 11) is 0. The lowest BCUT2D eigenvalue weighted by atomic mass is 10.1. The second-order valence-corrected chi connectivity index (χ2v) is 8.78. The zero-order valence-corrected chi connectivity index (χ0v) is 20.5. The first-order chi connectivity index (χ1) is 17.5. The number of nitrogens with one attached hydrogen (secondary N) is 1. The minimum atomic E-state index is -0.151. The van der Waals surface area contributed by atoms with Gasteiger partial charge in [0, 0.05) is 34.5 Å². The molecule has 0 saturated heterocycles. The third-order valence-corrected chi connectivity index (χ3v) is 6.33. The van der Waals surface area contributed by atoms with Crippen LogP contribution in [-0.2, 0) is 13.1 Å². The third-order valence-electron chi connectivity index (χ3n) is 6.33. The van der Waals surface area contributed by atoms with Gasteiger partial charge in [-0.15, -0.1) is 10.2 Å². The first-order valence-electron chi connectivity index (χ1n) is 11.8. The van der Waals surface area contributed by atoms with Crippen molar-refractivity contribution in [3.63, 3.8) is 0 Å². The highest BCUT2D eigenvalue weighted by atomic mass is 16.4.